The van der Waals surface area contributed by atoms with Gasteiger partial charge in [0.05, 0.1) is 18.0 Å². The number of para-hydroxylation sites is 1. The number of hydrogen-bond donors (Lipinski definition) is 1. The maximum absolute atomic E-state index is 13.8. The van der Waals surface area contributed by atoms with Crippen molar-refractivity contribution in [2.24, 2.45) is 0 Å². The maximum Gasteiger partial charge on any atom is 0.224 e. The van der Waals surface area contributed by atoms with Crippen LogP contribution in [0, 0.1) is 26.6 Å². The SMILES string of the molecule is CCOc1nc2c(c(C)nn2-c2cccc(F)c2)c(C)c1CCC(=O)Nc1ccccc1C. The number of carbonyl (C=O) groups excluding carboxylic acids is 1. The number of fused-ring (bicyclic) bond motifs is 1. The van der Waals surface area contributed by atoms with Crippen LogP contribution in [0.4, 0.5) is 10.1 Å². The number of aryl methyl sites for hydroxylation is 3. The highest BCUT2D eigenvalue weighted by molar-refractivity contribution is 5.92. The van der Waals surface area contributed by atoms with Crippen molar-refractivity contribution in [3.05, 3.63) is 76.7 Å². The summed E-state index contributed by atoms with van der Waals surface area (Å²) in [6.07, 6.45) is 0.770. The van der Waals surface area contributed by atoms with Crippen molar-refractivity contribution in [2.45, 2.75) is 40.5 Å². The predicted molar refractivity (Wildman–Crippen MR) is 128 cm³/mol. The maximum atomic E-state index is 13.8. The number of halogens is 1. The molecule has 0 spiro atoms. The van der Waals surface area contributed by atoms with Gasteiger partial charge in [0.1, 0.15) is 5.82 Å². The molecule has 4 aromatic rings. The number of nitrogens with zero attached hydrogens (tertiary/aromatic N) is 3. The molecule has 0 unspecified atom stereocenters. The van der Waals surface area contributed by atoms with Gasteiger partial charge >= 0.3 is 0 Å². The van der Waals surface area contributed by atoms with Gasteiger partial charge in [0.25, 0.3) is 0 Å². The monoisotopic (exact) mass is 446 g/mol. The van der Waals surface area contributed by atoms with Crippen LogP contribution in [0.25, 0.3) is 16.7 Å². The zero-order chi connectivity index (χ0) is 23.5. The summed E-state index contributed by atoms with van der Waals surface area (Å²) in [4.78, 5) is 17.4. The summed E-state index contributed by atoms with van der Waals surface area (Å²) < 4.78 is 21.3. The Morgan fingerprint density at radius 1 is 1.12 bits per heavy atom. The molecule has 0 saturated heterocycles. The Labute approximate surface area is 192 Å². The first-order chi connectivity index (χ1) is 15.9. The molecule has 0 fully saturated rings. The van der Waals surface area contributed by atoms with E-state index in [9.17, 15) is 9.18 Å². The number of benzene rings is 2. The minimum Gasteiger partial charge on any atom is -0.478 e. The highest BCUT2D eigenvalue weighted by Gasteiger charge is 2.21. The van der Waals surface area contributed by atoms with Crippen LogP contribution in [0.5, 0.6) is 5.88 Å². The van der Waals surface area contributed by atoms with Gasteiger partial charge in [-0.15, -0.1) is 0 Å². The summed E-state index contributed by atoms with van der Waals surface area (Å²) in [6.45, 7) is 8.19. The smallest absolute Gasteiger partial charge is 0.224 e. The van der Waals surface area contributed by atoms with Gasteiger partial charge in [0.2, 0.25) is 11.8 Å². The third-order valence-corrected chi connectivity index (χ3v) is 5.68. The zero-order valence-corrected chi connectivity index (χ0v) is 19.3. The summed E-state index contributed by atoms with van der Waals surface area (Å²) in [7, 11) is 0. The van der Waals surface area contributed by atoms with Crippen molar-refractivity contribution in [1.29, 1.82) is 0 Å². The van der Waals surface area contributed by atoms with Crippen LogP contribution in [0.3, 0.4) is 0 Å². The van der Waals surface area contributed by atoms with Crippen molar-refractivity contribution < 1.29 is 13.9 Å². The van der Waals surface area contributed by atoms with E-state index in [4.69, 9.17) is 9.72 Å². The Balaban J connectivity index is 1.69. The van der Waals surface area contributed by atoms with E-state index in [-0.39, 0.29) is 11.7 Å². The molecule has 2 aromatic heterocycles. The first-order valence-corrected chi connectivity index (χ1v) is 11.0. The van der Waals surface area contributed by atoms with E-state index in [2.05, 4.69) is 10.4 Å². The zero-order valence-electron chi connectivity index (χ0n) is 19.3. The van der Waals surface area contributed by atoms with E-state index in [1.54, 1.807) is 16.8 Å². The Morgan fingerprint density at radius 2 is 1.91 bits per heavy atom. The number of hydrogen-bond acceptors (Lipinski definition) is 4. The average molecular weight is 447 g/mol. The van der Waals surface area contributed by atoms with Gasteiger partial charge < -0.3 is 10.1 Å². The average Bonchev–Trinajstić information content (AvgIpc) is 3.11. The number of carbonyl (C=O) groups is 1. The number of amides is 1. The summed E-state index contributed by atoms with van der Waals surface area (Å²) in [6, 6.07) is 13.9. The Morgan fingerprint density at radius 3 is 2.64 bits per heavy atom. The molecular formula is C26H27FN4O2. The second-order valence-corrected chi connectivity index (χ2v) is 7.99. The number of aromatic nitrogens is 3. The summed E-state index contributed by atoms with van der Waals surface area (Å²) in [5.74, 6) is 0.0639. The summed E-state index contributed by atoms with van der Waals surface area (Å²) in [5, 5.41) is 8.48. The quantitative estimate of drug-likeness (QED) is 0.410. The molecule has 0 aliphatic rings. The molecule has 7 heteroatoms. The van der Waals surface area contributed by atoms with E-state index in [0.29, 0.717) is 36.7 Å². The van der Waals surface area contributed by atoms with Crippen molar-refractivity contribution in [3.63, 3.8) is 0 Å². The van der Waals surface area contributed by atoms with E-state index in [1.807, 2.05) is 52.0 Å². The largest absolute Gasteiger partial charge is 0.478 e. The topological polar surface area (TPSA) is 69.0 Å². The fraction of sp³-hybridized carbons (Fsp3) is 0.269. The molecule has 0 radical (unpaired) electrons. The normalized spacial score (nSPS) is 11.1. The van der Waals surface area contributed by atoms with Gasteiger partial charge in [0.15, 0.2) is 5.65 Å². The lowest BCUT2D eigenvalue weighted by molar-refractivity contribution is -0.116. The van der Waals surface area contributed by atoms with E-state index in [1.165, 1.54) is 12.1 Å². The fourth-order valence-electron chi connectivity index (χ4n) is 4.04. The number of ether oxygens (including phenoxy) is 1. The van der Waals surface area contributed by atoms with Crippen molar-refractivity contribution in [1.82, 2.24) is 14.8 Å². The van der Waals surface area contributed by atoms with Gasteiger partial charge in [-0.05, 0) is 69.5 Å². The first-order valence-electron chi connectivity index (χ1n) is 11.0. The highest BCUT2D eigenvalue weighted by atomic mass is 19.1. The van der Waals surface area contributed by atoms with Crippen molar-refractivity contribution >= 4 is 22.6 Å². The van der Waals surface area contributed by atoms with Crippen molar-refractivity contribution in [2.75, 3.05) is 11.9 Å². The van der Waals surface area contributed by atoms with E-state index < -0.39 is 0 Å². The molecule has 1 amide bonds. The van der Waals surface area contributed by atoms with Crippen LogP contribution in [0.2, 0.25) is 0 Å². The molecule has 2 heterocycles. The van der Waals surface area contributed by atoms with Crippen molar-refractivity contribution in [3.8, 4) is 11.6 Å². The van der Waals surface area contributed by atoms with Gasteiger partial charge in [-0.3, -0.25) is 4.79 Å². The van der Waals surface area contributed by atoms with Crippen LogP contribution in [-0.4, -0.2) is 27.3 Å². The third-order valence-electron chi connectivity index (χ3n) is 5.68. The number of anilines is 1. The van der Waals surface area contributed by atoms with Crippen LogP contribution in [0.1, 0.15) is 35.7 Å². The van der Waals surface area contributed by atoms with Crippen LogP contribution in [-0.2, 0) is 11.2 Å². The summed E-state index contributed by atoms with van der Waals surface area (Å²) >= 11 is 0. The predicted octanol–water partition coefficient (Wildman–Crippen LogP) is 5.45. The molecule has 0 atom stereocenters. The molecular weight excluding hydrogens is 419 g/mol. The third kappa shape index (κ3) is 4.58. The molecule has 0 aliphatic carbocycles. The lowest BCUT2D eigenvalue weighted by Gasteiger charge is -2.14. The van der Waals surface area contributed by atoms with Gasteiger partial charge in [0, 0.05) is 23.1 Å². The molecule has 0 saturated carbocycles. The van der Waals surface area contributed by atoms with Crippen LogP contribution < -0.4 is 10.1 Å². The molecule has 0 bridgehead atoms. The number of pyridine rings is 1. The van der Waals surface area contributed by atoms with Gasteiger partial charge in [-0.1, -0.05) is 24.3 Å². The molecule has 170 valence electrons. The lowest BCUT2D eigenvalue weighted by atomic mass is 10.0. The lowest BCUT2D eigenvalue weighted by Crippen LogP contribution is -2.14. The molecule has 2 aromatic carbocycles. The van der Waals surface area contributed by atoms with E-state index >= 15 is 0 Å². The molecule has 6 nitrogen and oxygen atoms in total. The van der Waals surface area contributed by atoms with E-state index in [0.717, 1.165) is 33.5 Å². The standard InChI is InChI=1S/C26H27FN4O2/c1-5-33-26-21(13-14-23(32)28-22-12-7-6-9-16(22)2)17(3)24-18(4)30-31(25(24)29-26)20-11-8-10-19(27)15-20/h6-12,15H,5,13-14H2,1-4H3,(H,28,32). The van der Waals surface area contributed by atoms with Crippen LogP contribution in [0.15, 0.2) is 48.5 Å². The minimum absolute atomic E-state index is 0.0709. The first kappa shape index (κ1) is 22.5. The van der Waals surface area contributed by atoms with Gasteiger partial charge in [-0.25, -0.2) is 9.07 Å². The van der Waals surface area contributed by atoms with Gasteiger partial charge in [-0.2, -0.15) is 10.1 Å². The molecule has 33 heavy (non-hydrogen) atoms. The molecule has 0 aliphatic heterocycles. The number of nitrogens with one attached hydrogen (secondary N) is 1. The Hall–Kier alpha value is -3.74. The molecule has 4 rings (SSSR count). The fourth-order valence-corrected chi connectivity index (χ4v) is 4.04. The molecule has 1 N–H and O–H groups in total. The minimum atomic E-state index is -0.341. The van der Waals surface area contributed by atoms with Crippen LogP contribution >= 0.6 is 0 Å². The Bertz CT molecular complexity index is 1330. The number of rotatable bonds is 7. The second-order valence-electron chi connectivity index (χ2n) is 7.99. The Kier molecular flexibility index (Phi) is 6.40. The highest BCUT2D eigenvalue weighted by Crippen LogP contribution is 2.32. The second kappa shape index (κ2) is 9.40. The summed E-state index contributed by atoms with van der Waals surface area (Å²) in [5.41, 5.74) is 5.65.